The zero-order valence-electron chi connectivity index (χ0n) is 16.6. The molecule has 0 atom stereocenters. The van der Waals surface area contributed by atoms with Gasteiger partial charge in [-0.25, -0.2) is 0 Å². The number of benzene rings is 1. The quantitative estimate of drug-likeness (QED) is 0.673. The summed E-state index contributed by atoms with van der Waals surface area (Å²) in [7, 11) is 0. The molecule has 2 amide bonds. The molecule has 1 aromatic carbocycles. The minimum atomic E-state index is -0.260. The molecule has 0 saturated heterocycles. The normalized spacial score (nSPS) is 10.6. The minimum Gasteiger partial charge on any atom is -0.348 e. The molecule has 148 valence electrons. The number of aromatic nitrogens is 2. The summed E-state index contributed by atoms with van der Waals surface area (Å²) >= 11 is 0. The van der Waals surface area contributed by atoms with Crippen molar-refractivity contribution in [3.63, 3.8) is 0 Å². The van der Waals surface area contributed by atoms with Crippen molar-refractivity contribution in [2.75, 3.05) is 0 Å². The zero-order chi connectivity index (χ0) is 20.6. The molecule has 0 saturated carbocycles. The topological polar surface area (TPSA) is 75.2 Å². The molecule has 0 aliphatic carbocycles. The highest BCUT2D eigenvalue weighted by Crippen LogP contribution is 2.13. The third-order valence-corrected chi connectivity index (χ3v) is 4.50. The lowest BCUT2D eigenvalue weighted by molar-refractivity contribution is 0.0684. The van der Waals surface area contributed by atoms with Crippen molar-refractivity contribution in [3.05, 3.63) is 95.6 Å². The van der Waals surface area contributed by atoms with Gasteiger partial charge in [0.15, 0.2) is 0 Å². The maximum atomic E-state index is 13.1. The Morgan fingerprint density at radius 1 is 1.00 bits per heavy atom. The number of hydrogen-bond acceptors (Lipinski definition) is 4. The Morgan fingerprint density at radius 2 is 1.76 bits per heavy atom. The van der Waals surface area contributed by atoms with Gasteiger partial charge in [-0.15, -0.1) is 0 Å². The molecule has 2 heterocycles. The van der Waals surface area contributed by atoms with Crippen LogP contribution in [0.25, 0.3) is 0 Å². The standard InChI is InChI=1S/C23H24N4O2/c1-17(2)27(16-18-7-4-3-5-8-18)23(29)21-13-20(10-12-25-21)22(28)26-15-19-9-6-11-24-14-19/h3-14,17H,15-16H2,1-2H3,(H,26,28). The molecule has 0 bridgehead atoms. The van der Waals surface area contributed by atoms with E-state index in [1.54, 1.807) is 29.4 Å². The predicted octanol–water partition coefficient (Wildman–Crippen LogP) is 3.46. The predicted molar refractivity (Wildman–Crippen MR) is 111 cm³/mol. The average molecular weight is 388 g/mol. The molecule has 1 N–H and O–H groups in total. The Labute approximate surface area is 170 Å². The largest absolute Gasteiger partial charge is 0.348 e. The van der Waals surface area contributed by atoms with Crippen LogP contribution in [-0.4, -0.2) is 32.7 Å². The number of carbonyl (C=O) groups excluding carboxylic acids is 2. The molecule has 29 heavy (non-hydrogen) atoms. The van der Waals surface area contributed by atoms with Crippen molar-refractivity contribution in [1.82, 2.24) is 20.2 Å². The van der Waals surface area contributed by atoms with Crippen LogP contribution >= 0.6 is 0 Å². The lowest BCUT2D eigenvalue weighted by Crippen LogP contribution is -2.37. The van der Waals surface area contributed by atoms with E-state index in [4.69, 9.17) is 0 Å². The van der Waals surface area contributed by atoms with Crippen molar-refractivity contribution in [2.45, 2.75) is 33.0 Å². The third kappa shape index (κ3) is 5.48. The molecule has 6 heteroatoms. The zero-order valence-corrected chi connectivity index (χ0v) is 16.6. The van der Waals surface area contributed by atoms with Crippen LogP contribution in [-0.2, 0) is 13.1 Å². The van der Waals surface area contributed by atoms with Gasteiger partial charge in [0.2, 0.25) is 0 Å². The van der Waals surface area contributed by atoms with Crippen LogP contribution in [0, 0.1) is 0 Å². The molecule has 0 fully saturated rings. The number of pyridine rings is 2. The van der Waals surface area contributed by atoms with E-state index in [1.165, 1.54) is 6.20 Å². The van der Waals surface area contributed by atoms with Crippen LogP contribution in [0.15, 0.2) is 73.2 Å². The second-order valence-corrected chi connectivity index (χ2v) is 6.99. The van der Waals surface area contributed by atoms with Crippen LogP contribution in [0.4, 0.5) is 0 Å². The molecule has 6 nitrogen and oxygen atoms in total. The fraction of sp³-hybridized carbons (Fsp3) is 0.217. The number of rotatable bonds is 7. The summed E-state index contributed by atoms with van der Waals surface area (Å²) in [4.78, 5) is 35.6. The van der Waals surface area contributed by atoms with E-state index in [0.717, 1.165) is 11.1 Å². The van der Waals surface area contributed by atoms with E-state index in [-0.39, 0.29) is 23.6 Å². The molecular formula is C23H24N4O2. The molecule has 0 radical (unpaired) electrons. The highest BCUT2D eigenvalue weighted by Gasteiger charge is 2.21. The van der Waals surface area contributed by atoms with Crippen molar-refractivity contribution >= 4 is 11.8 Å². The highest BCUT2D eigenvalue weighted by atomic mass is 16.2. The summed E-state index contributed by atoms with van der Waals surface area (Å²) in [5.74, 6) is -0.463. The van der Waals surface area contributed by atoms with Gasteiger partial charge in [0.1, 0.15) is 5.69 Å². The smallest absolute Gasteiger partial charge is 0.272 e. The maximum absolute atomic E-state index is 13.1. The van der Waals surface area contributed by atoms with E-state index >= 15 is 0 Å². The molecule has 0 aliphatic heterocycles. The molecule has 0 aliphatic rings. The van der Waals surface area contributed by atoms with Crippen LogP contribution in [0.5, 0.6) is 0 Å². The molecule has 0 unspecified atom stereocenters. The van der Waals surface area contributed by atoms with Gasteiger partial charge in [0, 0.05) is 43.3 Å². The SMILES string of the molecule is CC(C)N(Cc1ccccc1)C(=O)c1cc(C(=O)NCc2cccnc2)ccn1. The molecule has 0 spiro atoms. The summed E-state index contributed by atoms with van der Waals surface area (Å²) in [6.07, 6.45) is 4.88. The second-order valence-electron chi connectivity index (χ2n) is 6.99. The van der Waals surface area contributed by atoms with Crippen molar-refractivity contribution < 1.29 is 9.59 Å². The Kier molecular flexibility index (Phi) is 6.68. The third-order valence-electron chi connectivity index (χ3n) is 4.50. The molecule has 3 rings (SSSR count). The van der Waals surface area contributed by atoms with E-state index < -0.39 is 0 Å². The summed E-state index contributed by atoms with van der Waals surface area (Å²) < 4.78 is 0. The fourth-order valence-electron chi connectivity index (χ4n) is 2.89. The van der Waals surface area contributed by atoms with Crippen molar-refractivity contribution in [1.29, 1.82) is 0 Å². The van der Waals surface area contributed by atoms with Crippen LogP contribution in [0.1, 0.15) is 45.8 Å². The van der Waals surface area contributed by atoms with Crippen molar-refractivity contribution in [2.24, 2.45) is 0 Å². The number of amides is 2. The van der Waals surface area contributed by atoms with Gasteiger partial charge in [0.25, 0.3) is 11.8 Å². The number of carbonyl (C=O) groups is 2. The lowest BCUT2D eigenvalue weighted by atomic mass is 10.1. The van der Waals surface area contributed by atoms with Gasteiger partial charge in [-0.3, -0.25) is 19.6 Å². The first-order valence-electron chi connectivity index (χ1n) is 9.52. The first kappa shape index (κ1) is 20.2. The Balaban J connectivity index is 1.72. The average Bonchev–Trinajstić information content (AvgIpc) is 2.76. The Bertz CT molecular complexity index is 959. The second kappa shape index (κ2) is 9.59. The van der Waals surface area contributed by atoms with E-state index in [2.05, 4.69) is 15.3 Å². The molecule has 2 aromatic heterocycles. The number of nitrogens with one attached hydrogen (secondary N) is 1. The van der Waals surface area contributed by atoms with Gasteiger partial charge >= 0.3 is 0 Å². The van der Waals surface area contributed by atoms with Gasteiger partial charge in [0.05, 0.1) is 0 Å². The van der Waals surface area contributed by atoms with Crippen molar-refractivity contribution in [3.8, 4) is 0 Å². The minimum absolute atomic E-state index is 0.00688. The molecule has 3 aromatic rings. The van der Waals surface area contributed by atoms with Gasteiger partial charge in [-0.1, -0.05) is 36.4 Å². The first-order chi connectivity index (χ1) is 14.0. The van der Waals surface area contributed by atoms with Crippen LogP contribution < -0.4 is 5.32 Å². The summed E-state index contributed by atoms with van der Waals surface area (Å²) in [5.41, 5.74) is 2.60. The van der Waals surface area contributed by atoms with Gasteiger partial charge in [-0.2, -0.15) is 0 Å². The van der Waals surface area contributed by atoms with E-state index in [1.807, 2.05) is 56.3 Å². The first-order valence-corrected chi connectivity index (χ1v) is 9.52. The van der Waals surface area contributed by atoms with Crippen LogP contribution in [0.2, 0.25) is 0 Å². The fourth-order valence-corrected chi connectivity index (χ4v) is 2.89. The summed E-state index contributed by atoms with van der Waals surface area (Å²) in [6, 6.07) is 16.7. The number of nitrogens with zero attached hydrogens (tertiary/aromatic N) is 3. The monoisotopic (exact) mass is 388 g/mol. The van der Waals surface area contributed by atoms with E-state index in [0.29, 0.717) is 18.7 Å². The van der Waals surface area contributed by atoms with Crippen LogP contribution in [0.3, 0.4) is 0 Å². The summed E-state index contributed by atoms with van der Waals surface area (Å²) in [5, 5.41) is 2.84. The lowest BCUT2D eigenvalue weighted by Gasteiger charge is -2.26. The maximum Gasteiger partial charge on any atom is 0.272 e. The summed E-state index contributed by atoms with van der Waals surface area (Å²) in [6.45, 7) is 4.78. The van der Waals surface area contributed by atoms with Gasteiger partial charge < -0.3 is 10.2 Å². The number of hydrogen-bond donors (Lipinski definition) is 1. The molecular weight excluding hydrogens is 364 g/mol. The highest BCUT2D eigenvalue weighted by molar-refractivity contribution is 5.98. The van der Waals surface area contributed by atoms with E-state index in [9.17, 15) is 9.59 Å². The van der Waals surface area contributed by atoms with Gasteiger partial charge in [-0.05, 0) is 43.2 Å². The Hall–Kier alpha value is -3.54. The Morgan fingerprint density at radius 3 is 2.45 bits per heavy atom.